The quantitative estimate of drug-likeness (QED) is 0.470. The van der Waals surface area contributed by atoms with E-state index in [9.17, 15) is 9.90 Å². The molecule has 0 aliphatic heterocycles. The maximum Gasteiger partial charge on any atom is 0.252 e. The van der Waals surface area contributed by atoms with E-state index in [0.29, 0.717) is 16.5 Å². The molecule has 0 radical (unpaired) electrons. The summed E-state index contributed by atoms with van der Waals surface area (Å²) in [6.45, 7) is 1.71. The van der Waals surface area contributed by atoms with Crippen molar-refractivity contribution in [3.05, 3.63) is 41.0 Å². The molecule has 0 aromatic heterocycles. The molecule has 2 aromatic rings. The summed E-state index contributed by atoms with van der Waals surface area (Å²) in [7, 11) is 0. The average molecular weight is 243 g/mol. The third kappa shape index (κ3) is 1.75. The van der Waals surface area contributed by atoms with Gasteiger partial charge in [-0.05, 0) is 35.4 Å². The number of carbonyl (C=O) groups is 1. The number of rotatable bonds is 2. The van der Waals surface area contributed by atoms with Crippen LogP contribution in [0, 0.1) is 12.3 Å². The lowest BCUT2D eigenvalue weighted by molar-refractivity contribution is 0.0998. The lowest BCUT2D eigenvalue weighted by Gasteiger charge is -2.10. The number of hydrogen-bond acceptors (Lipinski definition) is 3. The van der Waals surface area contributed by atoms with Gasteiger partial charge in [-0.3, -0.25) is 10.2 Å². The first-order chi connectivity index (χ1) is 8.41. The molecule has 0 saturated carbocycles. The molecule has 0 atom stereocenters. The van der Waals surface area contributed by atoms with Crippen LogP contribution in [-0.4, -0.2) is 16.8 Å². The Hall–Kier alpha value is -2.56. The molecule has 0 heterocycles. The minimum atomic E-state index is -0.689. The maximum absolute atomic E-state index is 11.2. The number of aromatic hydroxyl groups is 1. The van der Waals surface area contributed by atoms with Crippen LogP contribution in [-0.2, 0) is 0 Å². The highest BCUT2D eigenvalue weighted by molar-refractivity contribution is 6.04. The Kier molecular flexibility index (Phi) is 2.67. The van der Waals surface area contributed by atoms with Crippen LogP contribution in [0.25, 0.3) is 10.8 Å². The van der Waals surface area contributed by atoms with Crippen molar-refractivity contribution in [1.82, 2.24) is 0 Å². The summed E-state index contributed by atoms with van der Waals surface area (Å²) in [5, 5.41) is 18.8. The molecule has 5 heteroatoms. The molecule has 6 N–H and O–H groups in total. The normalized spacial score (nSPS) is 10.5. The third-order valence-corrected chi connectivity index (χ3v) is 2.94. The zero-order chi connectivity index (χ0) is 13.4. The molecule has 92 valence electrons. The van der Waals surface area contributed by atoms with Gasteiger partial charge in [-0.25, -0.2) is 0 Å². The zero-order valence-corrected chi connectivity index (χ0v) is 9.82. The van der Waals surface area contributed by atoms with E-state index >= 15 is 0 Å². The predicted molar refractivity (Wildman–Crippen MR) is 69.9 cm³/mol. The van der Waals surface area contributed by atoms with E-state index in [1.807, 2.05) is 0 Å². The Morgan fingerprint density at radius 3 is 2.50 bits per heavy atom. The molecule has 5 nitrogen and oxygen atoms in total. The van der Waals surface area contributed by atoms with Gasteiger partial charge in [0.05, 0.1) is 5.56 Å². The van der Waals surface area contributed by atoms with Crippen molar-refractivity contribution in [2.24, 2.45) is 11.5 Å². The highest BCUT2D eigenvalue weighted by Crippen LogP contribution is 2.30. The predicted octanol–water partition coefficient (Wildman–Crippen LogP) is 1.24. The van der Waals surface area contributed by atoms with Gasteiger partial charge in [-0.1, -0.05) is 12.1 Å². The van der Waals surface area contributed by atoms with Gasteiger partial charge in [0.15, 0.2) is 0 Å². The molecule has 18 heavy (non-hydrogen) atoms. The number of benzene rings is 2. The molecule has 0 aliphatic rings. The first-order valence-corrected chi connectivity index (χ1v) is 5.32. The number of aryl methyl sites for hydroxylation is 1. The number of primary amides is 1. The maximum atomic E-state index is 11.2. The van der Waals surface area contributed by atoms with Crippen molar-refractivity contribution in [3.63, 3.8) is 0 Å². The Morgan fingerprint density at radius 2 is 1.94 bits per heavy atom. The van der Waals surface area contributed by atoms with Crippen LogP contribution in [0.15, 0.2) is 24.3 Å². The van der Waals surface area contributed by atoms with E-state index in [4.69, 9.17) is 16.9 Å². The van der Waals surface area contributed by atoms with Crippen LogP contribution in [0.4, 0.5) is 0 Å². The number of nitrogens with one attached hydrogen (secondary N) is 1. The van der Waals surface area contributed by atoms with Crippen molar-refractivity contribution < 1.29 is 9.90 Å². The fraction of sp³-hybridized carbons (Fsp3) is 0.0769. The van der Waals surface area contributed by atoms with Crippen LogP contribution in [0.1, 0.15) is 21.5 Å². The van der Waals surface area contributed by atoms with E-state index in [-0.39, 0.29) is 17.1 Å². The van der Waals surface area contributed by atoms with E-state index in [2.05, 4.69) is 0 Å². The van der Waals surface area contributed by atoms with Crippen molar-refractivity contribution in [2.45, 2.75) is 6.92 Å². The first kappa shape index (κ1) is 11.9. The molecule has 0 spiro atoms. The van der Waals surface area contributed by atoms with Crippen LogP contribution in [0.5, 0.6) is 5.75 Å². The van der Waals surface area contributed by atoms with Gasteiger partial charge in [-0.15, -0.1) is 0 Å². The second-order valence-corrected chi connectivity index (χ2v) is 4.11. The van der Waals surface area contributed by atoms with E-state index < -0.39 is 5.91 Å². The van der Waals surface area contributed by atoms with Crippen molar-refractivity contribution in [1.29, 1.82) is 5.41 Å². The minimum absolute atomic E-state index is 0.0525. The minimum Gasteiger partial charge on any atom is -0.507 e. The number of phenols is 1. The summed E-state index contributed by atoms with van der Waals surface area (Å²) in [6.07, 6.45) is 0. The van der Waals surface area contributed by atoms with Crippen LogP contribution >= 0.6 is 0 Å². The summed E-state index contributed by atoms with van der Waals surface area (Å²) in [5.74, 6) is -0.848. The fourth-order valence-electron chi connectivity index (χ4n) is 1.93. The van der Waals surface area contributed by atoms with Crippen LogP contribution in [0.3, 0.4) is 0 Å². The Labute approximate surface area is 104 Å². The molecule has 0 aliphatic carbocycles. The fourth-order valence-corrected chi connectivity index (χ4v) is 1.93. The van der Waals surface area contributed by atoms with E-state index in [0.717, 1.165) is 5.39 Å². The molecule has 0 fully saturated rings. The second kappa shape index (κ2) is 4.03. The van der Waals surface area contributed by atoms with Crippen LogP contribution in [0.2, 0.25) is 0 Å². The molecule has 0 bridgehead atoms. The first-order valence-electron chi connectivity index (χ1n) is 5.32. The molecular weight excluding hydrogens is 230 g/mol. The van der Waals surface area contributed by atoms with Crippen LogP contribution < -0.4 is 11.5 Å². The summed E-state index contributed by atoms with van der Waals surface area (Å²) in [5.41, 5.74) is 11.8. The zero-order valence-electron chi connectivity index (χ0n) is 9.82. The van der Waals surface area contributed by atoms with Crippen molar-refractivity contribution in [3.8, 4) is 5.75 Å². The SMILES string of the molecule is Cc1c(O)c(C(N)=O)cc2cc(C(=N)N)ccc12. The van der Waals surface area contributed by atoms with Gasteiger partial charge in [-0.2, -0.15) is 0 Å². The number of carbonyl (C=O) groups excluding carboxylic acids is 1. The molecule has 2 aromatic carbocycles. The Morgan fingerprint density at radius 1 is 1.28 bits per heavy atom. The van der Waals surface area contributed by atoms with Crippen molar-refractivity contribution in [2.75, 3.05) is 0 Å². The third-order valence-electron chi connectivity index (χ3n) is 2.94. The van der Waals surface area contributed by atoms with Gasteiger partial charge >= 0.3 is 0 Å². The molecule has 0 saturated heterocycles. The molecule has 0 unspecified atom stereocenters. The molecular formula is C13H13N3O2. The monoisotopic (exact) mass is 243 g/mol. The van der Waals surface area contributed by atoms with E-state index in [1.165, 1.54) is 6.07 Å². The lowest BCUT2D eigenvalue weighted by atomic mass is 9.98. The summed E-state index contributed by atoms with van der Waals surface area (Å²) < 4.78 is 0. The Balaban J connectivity index is 2.83. The molecule has 2 rings (SSSR count). The van der Waals surface area contributed by atoms with Gasteiger partial charge in [0.2, 0.25) is 0 Å². The van der Waals surface area contributed by atoms with Gasteiger partial charge in [0.25, 0.3) is 5.91 Å². The number of amidine groups is 1. The van der Waals surface area contributed by atoms with Crippen molar-refractivity contribution >= 4 is 22.5 Å². The summed E-state index contributed by atoms with van der Waals surface area (Å²) >= 11 is 0. The molecule has 1 amide bonds. The number of nitrogens with two attached hydrogens (primary N) is 2. The summed E-state index contributed by atoms with van der Waals surface area (Å²) in [4.78, 5) is 11.2. The standard InChI is InChI=1S/C13H13N3O2/c1-6-9-3-2-7(12(14)15)4-8(9)5-10(11(6)17)13(16)18/h2-5,17H,1H3,(H3,14,15)(H2,16,18). The van der Waals surface area contributed by atoms with Gasteiger partial charge < -0.3 is 16.6 Å². The highest BCUT2D eigenvalue weighted by atomic mass is 16.3. The largest absolute Gasteiger partial charge is 0.507 e. The van der Waals surface area contributed by atoms with Gasteiger partial charge in [0.1, 0.15) is 11.6 Å². The van der Waals surface area contributed by atoms with E-state index in [1.54, 1.807) is 25.1 Å². The lowest BCUT2D eigenvalue weighted by Crippen LogP contribution is -2.12. The number of fused-ring (bicyclic) bond motifs is 1. The number of nitrogen functional groups attached to an aromatic ring is 1. The highest BCUT2D eigenvalue weighted by Gasteiger charge is 2.13. The smallest absolute Gasteiger partial charge is 0.252 e. The summed E-state index contributed by atoms with van der Waals surface area (Å²) in [6, 6.07) is 6.65. The number of hydrogen-bond donors (Lipinski definition) is 4. The Bertz CT molecular complexity index is 677. The topological polar surface area (TPSA) is 113 Å². The second-order valence-electron chi connectivity index (χ2n) is 4.11. The average Bonchev–Trinajstić information content (AvgIpc) is 2.32. The van der Waals surface area contributed by atoms with Gasteiger partial charge in [0, 0.05) is 5.56 Å². The number of amides is 1.